The summed E-state index contributed by atoms with van der Waals surface area (Å²) in [5.41, 5.74) is 0. The minimum absolute atomic E-state index is 0.279. The van der Waals surface area contributed by atoms with Gasteiger partial charge in [0.25, 0.3) is 0 Å². The summed E-state index contributed by atoms with van der Waals surface area (Å²) in [4.78, 5) is 23.9. The van der Waals surface area contributed by atoms with Gasteiger partial charge in [0.2, 0.25) is 0 Å². The number of rotatable bonds is 12. The van der Waals surface area contributed by atoms with Crippen molar-refractivity contribution in [2.75, 3.05) is 0 Å². The van der Waals surface area contributed by atoms with E-state index in [1.807, 2.05) is 0 Å². The van der Waals surface area contributed by atoms with Gasteiger partial charge in [-0.05, 0) is 30.9 Å². The molecule has 0 bridgehead atoms. The lowest BCUT2D eigenvalue weighted by Crippen LogP contribution is -2.12. The molecule has 140 valence electrons. The molecule has 0 aromatic heterocycles. The van der Waals surface area contributed by atoms with Crippen LogP contribution in [-0.4, -0.2) is 11.9 Å². The average molecular weight is 348 g/mol. The van der Waals surface area contributed by atoms with Crippen LogP contribution < -0.4 is 9.47 Å². The first kappa shape index (κ1) is 21.2. The van der Waals surface area contributed by atoms with Crippen LogP contribution in [0.4, 0.5) is 0 Å². The lowest BCUT2D eigenvalue weighted by Gasteiger charge is -2.10. The van der Waals surface area contributed by atoms with Crippen LogP contribution in [0.25, 0.3) is 0 Å². The molecule has 0 aliphatic carbocycles. The summed E-state index contributed by atoms with van der Waals surface area (Å²) >= 11 is 0. The van der Waals surface area contributed by atoms with Crippen molar-refractivity contribution in [2.45, 2.75) is 78.6 Å². The summed E-state index contributed by atoms with van der Waals surface area (Å²) < 4.78 is 10.7. The highest BCUT2D eigenvalue weighted by atomic mass is 16.6. The zero-order valence-electron chi connectivity index (χ0n) is 15.9. The molecule has 0 amide bonds. The van der Waals surface area contributed by atoms with E-state index in [1.165, 1.54) is 6.42 Å². The minimum atomic E-state index is -0.286. The minimum Gasteiger partial charge on any atom is -0.423 e. The van der Waals surface area contributed by atoms with Gasteiger partial charge in [-0.15, -0.1) is 0 Å². The molecule has 1 rings (SSSR count). The SMILES string of the molecule is CCCCCC(=O)Oc1ccccc1OC(=O)CCCCCC(C)C. The van der Waals surface area contributed by atoms with E-state index in [1.54, 1.807) is 24.3 Å². The second kappa shape index (κ2) is 12.5. The van der Waals surface area contributed by atoms with Gasteiger partial charge >= 0.3 is 11.9 Å². The maximum Gasteiger partial charge on any atom is 0.311 e. The van der Waals surface area contributed by atoms with Gasteiger partial charge in [-0.1, -0.05) is 65.0 Å². The molecule has 0 saturated carbocycles. The first-order valence-corrected chi connectivity index (χ1v) is 9.53. The van der Waals surface area contributed by atoms with Crippen LogP contribution in [0.15, 0.2) is 24.3 Å². The maximum atomic E-state index is 12.0. The van der Waals surface area contributed by atoms with Crippen LogP contribution in [0, 0.1) is 5.92 Å². The van der Waals surface area contributed by atoms with Crippen LogP contribution in [0.1, 0.15) is 78.6 Å². The Kier molecular flexibility index (Phi) is 10.6. The molecule has 1 aromatic rings. The van der Waals surface area contributed by atoms with Crippen molar-refractivity contribution in [2.24, 2.45) is 5.92 Å². The third-order valence-corrected chi connectivity index (χ3v) is 3.94. The summed E-state index contributed by atoms with van der Waals surface area (Å²) in [5, 5.41) is 0. The van der Waals surface area contributed by atoms with E-state index >= 15 is 0 Å². The summed E-state index contributed by atoms with van der Waals surface area (Å²) in [6, 6.07) is 6.84. The van der Waals surface area contributed by atoms with Gasteiger partial charge in [0.15, 0.2) is 11.5 Å². The van der Waals surface area contributed by atoms with E-state index in [4.69, 9.17) is 9.47 Å². The molecular weight excluding hydrogens is 316 g/mol. The summed E-state index contributed by atoms with van der Waals surface area (Å²) in [6.07, 6.45) is 7.81. The topological polar surface area (TPSA) is 52.6 Å². The number of benzene rings is 1. The standard InChI is InChI=1S/C21H32O4/c1-4-5-7-15-20(22)24-18-13-10-11-14-19(18)25-21(23)16-9-6-8-12-17(2)3/h10-11,13-14,17H,4-9,12,15-16H2,1-3H3. The van der Waals surface area contributed by atoms with Gasteiger partial charge in [0.05, 0.1) is 0 Å². The molecule has 4 heteroatoms. The number of hydrogen-bond acceptors (Lipinski definition) is 4. The van der Waals surface area contributed by atoms with Gasteiger partial charge in [0, 0.05) is 12.8 Å². The fraction of sp³-hybridized carbons (Fsp3) is 0.619. The van der Waals surface area contributed by atoms with Crippen molar-refractivity contribution in [3.63, 3.8) is 0 Å². The number of esters is 2. The predicted molar refractivity (Wildman–Crippen MR) is 99.8 cm³/mol. The molecule has 0 N–H and O–H groups in total. The van der Waals surface area contributed by atoms with Gasteiger partial charge in [-0.2, -0.15) is 0 Å². The highest BCUT2D eigenvalue weighted by Crippen LogP contribution is 2.27. The summed E-state index contributed by atoms with van der Waals surface area (Å²) in [5.74, 6) is 0.770. The normalized spacial score (nSPS) is 10.7. The van der Waals surface area contributed by atoms with Crippen molar-refractivity contribution in [3.8, 4) is 11.5 Å². The van der Waals surface area contributed by atoms with Gasteiger partial charge in [-0.25, -0.2) is 0 Å². The number of carbonyl (C=O) groups is 2. The van der Waals surface area contributed by atoms with Gasteiger partial charge in [-0.3, -0.25) is 9.59 Å². The molecule has 0 aliphatic rings. The van der Waals surface area contributed by atoms with Gasteiger partial charge < -0.3 is 9.47 Å². The van der Waals surface area contributed by atoms with E-state index < -0.39 is 0 Å². The van der Waals surface area contributed by atoms with Crippen molar-refractivity contribution in [1.29, 1.82) is 0 Å². The Morgan fingerprint density at radius 3 is 1.84 bits per heavy atom. The van der Waals surface area contributed by atoms with Gasteiger partial charge in [0.1, 0.15) is 0 Å². The zero-order chi connectivity index (χ0) is 18.5. The largest absolute Gasteiger partial charge is 0.423 e. The summed E-state index contributed by atoms with van der Waals surface area (Å²) in [7, 11) is 0. The Hall–Kier alpha value is -1.84. The average Bonchev–Trinajstić information content (AvgIpc) is 2.56. The fourth-order valence-electron chi connectivity index (χ4n) is 2.48. The number of carbonyl (C=O) groups excluding carboxylic acids is 2. The molecular formula is C21H32O4. The molecule has 0 spiro atoms. The molecule has 0 atom stereocenters. The quantitative estimate of drug-likeness (QED) is 0.277. The first-order chi connectivity index (χ1) is 12.0. The van der Waals surface area contributed by atoms with E-state index in [9.17, 15) is 9.59 Å². The third-order valence-electron chi connectivity index (χ3n) is 3.94. The van der Waals surface area contributed by atoms with Crippen LogP contribution in [0.5, 0.6) is 11.5 Å². The molecule has 0 fully saturated rings. The van der Waals surface area contributed by atoms with Crippen LogP contribution in [0.2, 0.25) is 0 Å². The van der Waals surface area contributed by atoms with Crippen LogP contribution in [-0.2, 0) is 9.59 Å². The highest BCUT2D eigenvalue weighted by molar-refractivity contribution is 5.76. The molecule has 1 aromatic carbocycles. The molecule has 0 saturated heterocycles. The molecule has 25 heavy (non-hydrogen) atoms. The third kappa shape index (κ3) is 9.90. The fourth-order valence-corrected chi connectivity index (χ4v) is 2.48. The van der Waals surface area contributed by atoms with Crippen molar-refractivity contribution in [1.82, 2.24) is 0 Å². The Morgan fingerprint density at radius 1 is 0.840 bits per heavy atom. The zero-order valence-corrected chi connectivity index (χ0v) is 15.9. The number of unbranched alkanes of at least 4 members (excludes halogenated alkanes) is 4. The Labute approximate surface area is 151 Å². The first-order valence-electron chi connectivity index (χ1n) is 9.53. The molecule has 0 aliphatic heterocycles. The monoisotopic (exact) mass is 348 g/mol. The maximum absolute atomic E-state index is 12.0. The second-order valence-electron chi connectivity index (χ2n) is 6.85. The van der Waals surface area contributed by atoms with Crippen molar-refractivity contribution in [3.05, 3.63) is 24.3 Å². The van der Waals surface area contributed by atoms with Crippen LogP contribution in [0.3, 0.4) is 0 Å². The number of hydrogen-bond donors (Lipinski definition) is 0. The molecule has 0 heterocycles. The van der Waals surface area contributed by atoms with Crippen molar-refractivity contribution < 1.29 is 19.1 Å². The van der Waals surface area contributed by atoms with E-state index in [-0.39, 0.29) is 11.9 Å². The molecule has 0 unspecified atom stereocenters. The lowest BCUT2D eigenvalue weighted by atomic mass is 10.0. The lowest BCUT2D eigenvalue weighted by molar-refractivity contribution is -0.137. The Balaban J connectivity index is 2.42. The smallest absolute Gasteiger partial charge is 0.311 e. The van der Waals surface area contributed by atoms with Crippen molar-refractivity contribution >= 4 is 11.9 Å². The Morgan fingerprint density at radius 2 is 1.36 bits per heavy atom. The molecule has 4 nitrogen and oxygen atoms in total. The number of ether oxygens (including phenoxy) is 2. The summed E-state index contributed by atoms with van der Waals surface area (Å²) in [6.45, 7) is 6.49. The molecule has 0 radical (unpaired) electrons. The number of para-hydroxylation sites is 2. The Bertz CT molecular complexity index is 522. The van der Waals surface area contributed by atoms with E-state index in [0.717, 1.165) is 38.5 Å². The predicted octanol–water partition coefficient (Wildman–Crippen LogP) is 5.68. The second-order valence-corrected chi connectivity index (χ2v) is 6.85. The van der Waals surface area contributed by atoms with Crippen LogP contribution >= 0.6 is 0 Å². The van der Waals surface area contributed by atoms with E-state index in [0.29, 0.717) is 30.3 Å². The van der Waals surface area contributed by atoms with E-state index in [2.05, 4.69) is 20.8 Å². The highest BCUT2D eigenvalue weighted by Gasteiger charge is 2.13.